The fraction of sp³-hybridized carbons (Fsp3) is 0.333. The monoisotopic (exact) mass is 400 g/mol. The number of alkyl halides is 3. The lowest BCUT2D eigenvalue weighted by Crippen LogP contribution is -2.42. The molecule has 1 saturated heterocycles. The molecule has 1 N–H and O–H groups in total. The third-order valence-electron chi connectivity index (χ3n) is 4.29. The van der Waals surface area contributed by atoms with E-state index in [1.165, 1.54) is 16.4 Å². The van der Waals surface area contributed by atoms with Crippen LogP contribution in [0.15, 0.2) is 59.5 Å². The molecule has 1 heterocycles. The zero-order valence-corrected chi connectivity index (χ0v) is 15.1. The molecule has 1 aliphatic rings. The van der Waals surface area contributed by atoms with E-state index in [4.69, 9.17) is 0 Å². The third kappa shape index (κ3) is 4.92. The number of halogens is 3. The van der Waals surface area contributed by atoms with E-state index < -0.39 is 27.0 Å². The van der Waals surface area contributed by atoms with E-state index in [1.807, 2.05) is 30.3 Å². The van der Waals surface area contributed by atoms with Crippen molar-refractivity contribution in [1.82, 2.24) is 4.31 Å². The third-order valence-corrected chi connectivity index (χ3v) is 6.23. The number of nitrogens with zero attached hydrogens (tertiary/aromatic N) is 1. The second-order valence-corrected chi connectivity index (χ2v) is 8.09. The smallest absolute Gasteiger partial charge is 0.404 e. The summed E-state index contributed by atoms with van der Waals surface area (Å²) in [6.07, 6.45) is -3.86. The number of anilines is 1. The first-order valence-corrected chi connectivity index (χ1v) is 9.86. The summed E-state index contributed by atoms with van der Waals surface area (Å²) >= 11 is 0. The molecule has 0 atom stereocenters. The van der Waals surface area contributed by atoms with Crippen LogP contribution in [0.25, 0.3) is 0 Å². The molecule has 27 heavy (non-hydrogen) atoms. The average Bonchev–Trinajstić information content (AvgIpc) is 2.62. The summed E-state index contributed by atoms with van der Waals surface area (Å²) in [6, 6.07) is 14.5. The fourth-order valence-corrected chi connectivity index (χ4v) is 4.61. The van der Waals surface area contributed by atoms with Gasteiger partial charge in [0, 0.05) is 24.8 Å². The lowest BCUT2D eigenvalue weighted by molar-refractivity contribution is -0.275. The maximum atomic E-state index is 12.8. The van der Waals surface area contributed by atoms with Gasteiger partial charge in [0.05, 0.1) is 0 Å². The van der Waals surface area contributed by atoms with Gasteiger partial charge in [0.15, 0.2) is 0 Å². The van der Waals surface area contributed by atoms with E-state index >= 15 is 0 Å². The van der Waals surface area contributed by atoms with Gasteiger partial charge < -0.3 is 10.1 Å². The number of piperidine rings is 1. The first-order valence-electron chi connectivity index (χ1n) is 8.42. The quantitative estimate of drug-likeness (QED) is 0.828. The van der Waals surface area contributed by atoms with Crippen molar-refractivity contribution in [3.8, 4) is 5.75 Å². The van der Waals surface area contributed by atoms with Crippen molar-refractivity contribution in [2.75, 3.05) is 18.4 Å². The van der Waals surface area contributed by atoms with E-state index in [9.17, 15) is 21.6 Å². The number of hydrogen-bond donors (Lipinski definition) is 1. The molecule has 0 spiro atoms. The van der Waals surface area contributed by atoms with Gasteiger partial charge in [-0.15, -0.1) is 13.2 Å². The Balaban J connectivity index is 1.70. The molecule has 0 aromatic heterocycles. The van der Waals surface area contributed by atoms with Crippen molar-refractivity contribution in [2.45, 2.75) is 30.1 Å². The van der Waals surface area contributed by atoms with E-state index in [0.29, 0.717) is 12.8 Å². The highest BCUT2D eigenvalue weighted by Gasteiger charge is 2.36. The Kier molecular flexibility index (Phi) is 5.61. The molecule has 5 nitrogen and oxygen atoms in total. The van der Waals surface area contributed by atoms with Crippen LogP contribution in [0.3, 0.4) is 0 Å². The second-order valence-electron chi connectivity index (χ2n) is 6.18. The van der Waals surface area contributed by atoms with Crippen LogP contribution in [0.4, 0.5) is 18.9 Å². The Labute approximate surface area is 155 Å². The number of hydrogen-bond acceptors (Lipinski definition) is 4. The van der Waals surface area contributed by atoms with Crippen LogP contribution >= 0.6 is 0 Å². The molecule has 3 rings (SSSR count). The van der Waals surface area contributed by atoms with Crippen LogP contribution in [0, 0.1) is 0 Å². The standard InChI is InChI=1S/C18H19F3N2O3S/c19-18(20,21)26-16-8-4-5-9-17(16)27(24,25)23-12-10-15(11-13-23)22-14-6-2-1-3-7-14/h1-9,15,22H,10-13H2. The van der Waals surface area contributed by atoms with Gasteiger partial charge in [-0.1, -0.05) is 30.3 Å². The zero-order chi connectivity index (χ0) is 19.5. The topological polar surface area (TPSA) is 58.6 Å². The Bertz CT molecular complexity index is 865. The molecule has 146 valence electrons. The lowest BCUT2D eigenvalue weighted by atomic mass is 10.1. The van der Waals surface area contributed by atoms with Gasteiger partial charge in [-0.2, -0.15) is 4.31 Å². The summed E-state index contributed by atoms with van der Waals surface area (Å²) in [5, 5.41) is 3.34. The Morgan fingerprint density at radius 1 is 0.963 bits per heavy atom. The van der Waals surface area contributed by atoms with E-state index in [2.05, 4.69) is 10.1 Å². The molecule has 0 saturated carbocycles. The first kappa shape index (κ1) is 19.5. The Hall–Kier alpha value is -2.26. The SMILES string of the molecule is O=S(=O)(c1ccccc1OC(F)(F)F)N1CCC(Nc2ccccc2)CC1. The first-order chi connectivity index (χ1) is 12.8. The Morgan fingerprint density at radius 2 is 1.56 bits per heavy atom. The predicted molar refractivity (Wildman–Crippen MR) is 95.0 cm³/mol. The summed E-state index contributed by atoms with van der Waals surface area (Å²) < 4.78 is 68.4. The molecule has 1 fully saturated rings. The largest absolute Gasteiger partial charge is 0.573 e. The highest BCUT2D eigenvalue weighted by Crippen LogP contribution is 2.32. The summed E-state index contributed by atoms with van der Waals surface area (Å²) in [5.41, 5.74) is 0.947. The highest BCUT2D eigenvalue weighted by atomic mass is 32.2. The van der Waals surface area contributed by atoms with Crippen LogP contribution in [0.1, 0.15) is 12.8 Å². The van der Waals surface area contributed by atoms with Gasteiger partial charge in [0.2, 0.25) is 10.0 Å². The van der Waals surface area contributed by atoms with E-state index in [1.54, 1.807) is 0 Å². The number of sulfonamides is 1. The summed E-state index contributed by atoms with van der Waals surface area (Å²) in [7, 11) is -4.08. The molecule has 9 heteroatoms. The molecule has 2 aromatic carbocycles. The van der Waals surface area contributed by atoms with Crippen LogP contribution in [-0.2, 0) is 10.0 Å². The number of rotatable bonds is 5. The Morgan fingerprint density at radius 3 is 2.19 bits per heavy atom. The van der Waals surface area contributed by atoms with Gasteiger partial charge >= 0.3 is 6.36 Å². The van der Waals surface area contributed by atoms with Crippen molar-refractivity contribution in [3.63, 3.8) is 0 Å². The van der Waals surface area contributed by atoms with E-state index in [-0.39, 0.29) is 19.1 Å². The van der Waals surface area contributed by atoms with Gasteiger partial charge in [0.25, 0.3) is 0 Å². The van der Waals surface area contributed by atoms with Crippen molar-refractivity contribution >= 4 is 15.7 Å². The molecule has 0 unspecified atom stereocenters. The fourth-order valence-electron chi connectivity index (χ4n) is 3.02. The molecule has 0 amide bonds. The number of nitrogens with one attached hydrogen (secondary N) is 1. The van der Waals surface area contributed by atoms with Crippen molar-refractivity contribution in [1.29, 1.82) is 0 Å². The maximum absolute atomic E-state index is 12.8. The second kappa shape index (κ2) is 7.77. The molecule has 0 aliphatic carbocycles. The maximum Gasteiger partial charge on any atom is 0.573 e. The van der Waals surface area contributed by atoms with Crippen molar-refractivity contribution in [2.24, 2.45) is 0 Å². The van der Waals surface area contributed by atoms with Gasteiger partial charge in [-0.25, -0.2) is 8.42 Å². The minimum Gasteiger partial charge on any atom is -0.404 e. The lowest BCUT2D eigenvalue weighted by Gasteiger charge is -2.32. The van der Waals surface area contributed by atoms with Gasteiger partial charge in [-0.3, -0.25) is 0 Å². The summed E-state index contributed by atoms with van der Waals surface area (Å²) in [6.45, 7) is 0.431. The molecular formula is C18H19F3N2O3S. The van der Waals surface area contributed by atoms with Crippen LogP contribution in [0.2, 0.25) is 0 Å². The molecule has 2 aromatic rings. The van der Waals surface area contributed by atoms with Crippen molar-refractivity contribution in [3.05, 3.63) is 54.6 Å². The van der Waals surface area contributed by atoms with Crippen LogP contribution < -0.4 is 10.1 Å². The van der Waals surface area contributed by atoms with Crippen LogP contribution in [-0.4, -0.2) is 38.2 Å². The number of para-hydroxylation sites is 2. The normalized spacial score (nSPS) is 16.9. The number of ether oxygens (including phenoxy) is 1. The van der Waals surface area contributed by atoms with Crippen LogP contribution in [0.5, 0.6) is 5.75 Å². The van der Waals surface area contributed by atoms with Gasteiger partial charge in [0.1, 0.15) is 10.6 Å². The summed E-state index contributed by atoms with van der Waals surface area (Å²) in [4.78, 5) is -0.475. The average molecular weight is 400 g/mol. The minimum atomic E-state index is -4.96. The molecule has 0 bridgehead atoms. The zero-order valence-electron chi connectivity index (χ0n) is 14.3. The summed E-state index contributed by atoms with van der Waals surface area (Å²) in [5.74, 6) is -0.713. The van der Waals surface area contributed by atoms with E-state index in [0.717, 1.165) is 17.8 Å². The predicted octanol–water partition coefficient (Wildman–Crippen LogP) is 3.85. The molecule has 1 aliphatic heterocycles. The van der Waals surface area contributed by atoms with Crippen molar-refractivity contribution < 1.29 is 26.3 Å². The molecule has 0 radical (unpaired) electrons. The van der Waals surface area contributed by atoms with Gasteiger partial charge in [-0.05, 0) is 37.1 Å². The highest BCUT2D eigenvalue weighted by molar-refractivity contribution is 7.89. The molecular weight excluding hydrogens is 381 g/mol. The minimum absolute atomic E-state index is 0.0977. The number of benzene rings is 2.